The average Bonchev–Trinajstić information content (AvgIpc) is 3.00. The van der Waals surface area contributed by atoms with Gasteiger partial charge in [-0.1, -0.05) is 19.1 Å². The smallest absolute Gasteiger partial charge is 0.309 e. The average molecular weight is 266 g/mol. The fourth-order valence-electron chi connectivity index (χ4n) is 3.12. The topological polar surface area (TPSA) is 46.5 Å². The number of carbonyl (C=O) groups is 1. The number of esters is 1. The normalized spacial score (nSPS) is 31.4. The fourth-order valence-corrected chi connectivity index (χ4v) is 3.12. The van der Waals surface area contributed by atoms with Gasteiger partial charge in [-0.25, -0.2) is 0 Å². The maximum atomic E-state index is 11.9. The second-order valence-electron chi connectivity index (χ2n) is 6.36. The van der Waals surface area contributed by atoms with E-state index in [1.165, 1.54) is 0 Å². The molecule has 0 saturated heterocycles. The SMILES string of the molecule is CCC(C)(O)CCCCOC(=O)C1CC2C=CC1C2. The maximum absolute atomic E-state index is 11.9. The van der Waals surface area contributed by atoms with E-state index in [4.69, 9.17) is 4.74 Å². The van der Waals surface area contributed by atoms with Gasteiger partial charge in [0.1, 0.15) is 0 Å². The summed E-state index contributed by atoms with van der Waals surface area (Å²) in [7, 11) is 0. The molecule has 3 nitrogen and oxygen atoms in total. The molecular weight excluding hydrogens is 240 g/mol. The molecule has 1 saturated carbocycles. The lowest BCUT2D eigenvalue weighted by atomic mass is 9.94. The molecule has 19 heavy (non-hydrogen) atoms. The number of ether oxygens (including phenoxy) is 1. The van der Waals surface area contributed by atoms with Crippen molar-refractivity contribution in [3.8, 4) is 0 Å². The molecule has 2 rings (SSSR count). The number of hydrogen-bond acceptors (Lipinski definition) is 3. The highest BCUT2D eigenvalue weighted by Crippen LogP contribution is 2.43. The molecule has 4 atom stereocenters. The molecule has 0 aromatic carbocycles. The molecule has 0 heterocycles. The number of fused-ring (bicyclic) bond motifs is 2. The minimum atomic E-state index is -0.570. The van der Waals surface area contributed by atoms with E-state index >= 15 is 0 Å². The molecule has 0 aromatic rings. The molecule has 4 unspecified atom stereocenters. The van der Waals surface area contributed by atoms with Gasteiger partial charge in [-0.05, 0) is 57.3 Å². The van der Waals surface area contributed by atoms with Crippen molar-refractivity contribution in [2.75, 3.05) is 6.61 Å². The van der Waals surface area contributed by atoms with E-state index in [-0.39, 0.29) is 11.9 Å². The summed E-state index contributed by atoms with van der Waals surface area (Å²) in [4.78, 5) is 11.9. The minimum absolute atomic E-state index is 0.0147. The molecule has 1 N–H and O–H groups in total. The van der Waals surface area contributed by atoms with Crippen LogP contribution in [0.3, 0.4) is 0 Å². The number of rotatable bonds is 7. The van der Waals surface area contributed by atoms with Gasteiger partial charge in [0.2, 0.25) is 0 Å². The van der Waals surface area contributed by atoms with Gasteiger partial charge in [0, 0.05) is 0 Å². The molecule has 2 aliphatic carbocycles. The first-order valence-electron chi connectivity index (χ1n) is 7.59. The zero-order valence-corrected chi connectivity index (χ0v) is 12.1. The van der Waals surface area contributed by atoms with E-state index < -0.39 is 5.60 Å². The number of aliphatic hydroxyl groups is 1. The van der Waals surface area contributed by atoms with Crippen molar-refractivity contribution in [2.45, 2.75) is 58.0 Å². The van der Waals surface area contributed by atoms with Crippen LogP contribution in [0.4, 0.5) is 0 Å². The van der Waals surface area contributed by atoms with Crippen molar-refractivity contribution in [1.29, 1.82) is 0 Å². The first-order chi connectivity index (χ1) is 9.02. The van der Waals surface area contributed by atoms with Crippen LogP contribution in [0.1, 0.15) is 52.4 Å². The van der Waals surface area contributed by atoms with Crippen LogP contribution in [0, 0.1) is 17.8 Å². The fraction of sp³-hybridized carbons (Fsp3) is 0.812. The molecule has 3 heteroatoms. The Bertz CT molecular complexity index is 346. The van der Waals surface area contributed by atoms with Gasteiger partial charge >= 0.3 is 5.97 Å². The van der Waals surface area contributed by atoms with Gasteiger partial charge in [0.15, 0.2) is 0 Å². The summed E-state index contributed by atoms with van der Waals surface area (Å²) >= 11 is 0. The van der Waals surface area contributed by atoms with Crippen LogP contribution in [0.15, 0.2) is 12.2 Å². The summed E-state index contributed by atoms with van der Waals surface area (Å²) in [5.74, 6) is 1.13. The second-order valence-corrected chi connectivity index (χ2v) is 6.36. The summed E-state index contributed by atoms with van der Waals surface area (Å²) in [5.41, 5.74) is -0.570. The van der Waals surface area contributed by atoms with Gasteiger partial charge in [-0.2, -0.15) is 0 Å². The molecule has 108 valence electrons. The Balaban J connectivity index is 1.59. The Morgan fingerprint density at radius 3 is 2.74 bits per heavy atom. The second kappa shape index (κ2) is 6.08. The summed E-state index contributed by atoms with van der Waals surface area (Å²) in [6.45, 7) is 4.35. The molecule has 1 fully saturated rings. The van der Waals surface area contributed by atoms with Gasteiger partial charge in [0.05, 0.1) is 18.1 Å². The van der Waals surface area contributed by atoms with E-state index in [1.54, 1.807) is 0 Å². The molecule has 0 aromatic heterocycles. The third-order valence-electron chi connectivity index (χ3n) is 4.70. The Kier molecular flexibility index (Phi) is 4.67. The van der Waals surface area contributed by atoms with Crippen molar-refractivity contribution >= 4 is 5.97 Å². The molecule has 2 bridgehead atoms. The van der Waals surface area contributed by atoms with Crippen LogP contribution in [0.2, 0.25) is 0 Å². The first kappa shape index (κ1) is 14.6. The summed E-state index contributed by atoms with van der Waals surface area (Å²) < 4.78 is 5.37. The van der Waals surface area contributed by atoms with Crippen molar-refractivity contribution < 1.29 is 14.6 Å². The van der Waals surface area contributed by atoms with E-state index in [0.717, 1.165) is 38.5 Å². The molecular formula is C16H26O3. The van der Waals surface area contributed by atoms with E-state index in [2.05, 4.69) is 12.2 Å². The van der Waals surface area contributed by atoms with Gasteiger partial charge in [-0.15, -0.1) is 0 Å². The largest absolute Gasteiger partial charge is 0.465 e. The third-order valence-corrected chi connectivity index (χ3v) is 4.70. The van der Waals surface area contributed by atoms with Crippen LogP contribution < -0.4 is 0 Å². The summed E-state index contributed by atoms with van der Waals surface area (Å²) in [5, 5.41) is 9.86. The molecule has 2 aliphatic rings. The van der Waals surface area contributed by atoms with E-state index in [9.17, 15) is 9.90 Å². The lowest BCUT2D eigenvalue weighted by molar-refractivity contribution is -0.149. The van der Waals surface area contributed by atoms with Crippen LogP contribution in [0.5, 0.6) is 0 Å². The van der Waals surface area contributed by atoms with Crippen molar-refractivity contribution in [3.63, 3.8) is 0 Å². The van der Waals surface area contributed by atoms with Gasteiger partial charge in [-0.3, -0.25) is 4.79 Å². The van der Waals surface area contributed by atoms with Crippen molar-refractivity contribution in [1.82, 2.24) is 0 Å². The van der Waals surface area contributed by atoms with Crippen LogP contribution in [-0.4, -0.2) is 23.3 Å². The highest BCUT2D eigenvalue weighted by atomic mass is 16.5. The van der Waals surface area contributed by atoms with Gasteiger partial charge in [0.25, 0.3) is 0 Å². The number of hydrogen-bond donors (Lipinski definition) is 1. The molecule has 0 amide bonds. The quantitative estimate of drug-likeness (QED) is 0.437. The highest BCUT2D eigenvalue weighted by Gasteiger charge is 2.40. The highest BCUT2D eigenvalue weighted by molar-refractivity contribution is 5.74. The Labute approximate surface area is 116 Å². The van der Waals surface area contributed by atoms with Crippen molar-refractivity contribution in [3.05, 3.63) is 12.2 Å². The Morgan fingerprint density at radius 2 is 2.16 bits per heavy atom. The number of allylic oxidation sites excluding steroid dienone is 2. The van der Waals surface area contributed by atoms with Crippen molar-refractivity contribution in [2.24, 2.45) is 17.8 Å². The predicted octanol–water partition coefficient (Wildman–Crippen LogP) is 3.07. The Morgan fingerprint density at radius 1 is 1.37 bits per heavy atom. The lowest BCUT2D eigenvalue weighted by Crippen LogP contribution is -2.23. The minimum Gasteiger partial charge on any atom is -0.465 e. The summed E-state index contributed by atoms with van der Waals surface area (Å²) in [6, 6.07) is 0. The first-order valence-corrected chi connectivity index (χ1v) is 7.59. The maximum Gasteiger partial charge on any atom is 0.309 e. The number of carbonyl (C=O) groups excluding carboxylic acids is 1. The lowest BCUT2D eigenvalue weighted by Gasteiger charge is -2.21. The van der Waals surface area contributed by atoms with Crippen LogP contribution >= 0.6 is 0 Å². The van der Waals surface area contributed by atoms with Crippen LogP contribution in [-0.2, 0) is 9.53 Å². The zero-order chi connectivity index (χ0) is 13.9. The monoisotopic (exact) mass is 266 g/mol. The third kappa shape index (κ3) is 3.82. The molecule has 0 aliphatic heterocycles. The standard InChI is InChI=1S/C16H26O3/c1-3-16(2,18)8-4-5-9-19-15(17)14-11-12-6-7-13(14)10-12/h6-7,12-14,18H,3-5,8-11H2,1-2H3. The van der Waals surface area contributed by atoms with Gasteiger partial charge < -0.3 is 9.84 Å². The summed E-state index contributed by atoms with van der Waals surface area (Å²) in [6.07, 6.45) is 9.83. The molecule has 0 spiro atoms. The predicted molar refractivity (Wildman–Crippen MR) is 74.6 cm³/mol. The van der Waals surface area contributed by atoms with E-state index in [0.29, 0.717) is 18.4 Å². The molecule has 0 radical (unpaired) electrons. The van der Waals surface area contributed by atoms with Crippen LogP contribution in [0.25, 0.3) is 0 Å². The zero-order valence-electron chi connectivity index (χ0n) is 12.1. The Hall–Kier alpha value is -0.830. The van der Waals surface area contributed by atoms with E-state index in [1.807, 2.05) is 13.8 Å². The number of unbranched alkanes of at least 4 members (excludes halogenated alkanes) is 1.